The molecule has 2 aromatic rings. The lowest BCUT2D eigenvalue weighted by Gasteiger charge is -2.30. The number of nitrogens with one attached hydrogen (secondary N) is 1. The van der Waals surface area contributed by atoms with E-state index >= 15 is 0 Å². The lowest BCUT2D eigenvalue weighted by atomic mass is 10.1. The Kier molecular flexibility index (Phi) is 8.18. The van der Waals surface area contributed by atoms with Gasteiger partial charge in [0.05, 0.1) is 6.42 Å². The van der Waals surface area contributed by atoms with Crippen molar-refractivity contribution in [1.82, 2.24) is 10.2 Å². The molecule has 0 fully saturated rings. The highest BCUT2D eigenvalue weighted by Gasteiger charge is 2.27. The van der Waals surface area contributed by atoms with Gasteiger partial charge in [-0.2, -0.15) is 0 Å². The molecule has 4 nitrogen and oxygen atoms in total. The number of nitrogens with zero attached hydrogens (tertiary/aromatic N) is 1. The topological polar surface area (TPSA) is 49.4 Å². The average molecular weight is 449 g/mol. The predicted molar refractivity (Wildman–Crippen MR) is 112 cm³/mol. The van der Waals surface area contributed by atoms with Crippen LogP contribution in [-0.2, 0) is 22.6 Å². The van der Waals surface area contributed by atoms with Crippen molar-refractivity contribution in [3.05, 3.63) is 69.9 Å². The van der Waals surface area contributed by atoms with Gasteiger partial charge < -0.3 is 10.2 Å². The largest absolute Gasteiger partial charge is 0.352 e. The molecule has 28 heavy (non-hydrogen) atoms. The van der Waals surface area contributed by atoms with Crippen LogP contribution in [0.3, 0.4) is 0 Å². The van der Waals surface area contributed by atoms with Gasteiger partial charge in [-0.25, -0.2) is 4.39 Å². The quantitative estimate of drug-likeness (QED) is 0.647. The molecular weight excluding hydrogens is 423 g/mol. The van der Waals surface area contributed by atoms with Crippen LogP contribution in [0, 0.1) is 5.82 Å². The highest BCUT2D eigenvalue weighted by molar-refractivity contribution is 9.10. The van der Waals surface area contributed by atoms with E-state index in [1.807, 2.05) is 38.1 Å². The van der Waals surface area contributed by atoms with Gasteiger partial charge in [0.25, 0.3) is 0 Å². The highest BCUT2D eigenvalue weighted by Crippen LogP contribution is 2.16. The summed E-state index contributed by atoms with van der Waals surface area (Å²) in [4.78, 5) is 27.2. The fourth-order valence-electron chi connectivity index (χ4n) is 2.74. The summed E-state index contributed by atoms with van der Waals surface area (Å²) in [7, 11) is 0. The summed E-state index contributed by atoms with van der Waals surface area (Å²) in [6, 6.07) is 13.1. The zero-order valence-corrected chi connectivity index (χ0v) is 18.0. The van der Waals surface area contributed by atoms with Crippen molar-refractivity contribution >= 4 is 27.7 Å². The standard InChI is InChI=1S/C22H26BrFN2O2/c1-4-15(2)25-22(28)16(3)26(14-17-9-11-19(23)12-10-17)21(27)13-18-7-5-6-8-20(18)24/h5-12,15-16H,4,13-14H2,1-3H3,(H,25,28)/t15-,16-/m1/s1. The second-order valence-electron chi connectivity index (χ2n) is 6.91. The first-order chi connectivity index (χ1) is 13.3. The molecule has 0 aliphatic rings. The summed E-state index contributed by atoms with van der Waals surface area (Å²) in [5, 5.41) is 2.92. The van der Waals surface area contributed by atoms with Crippen LogP contribution in [0.15, 0.2) is 53.0 Å². The first-order valence-corrected chi connectivity index (χ1v) is 10.2. The molecule has 0 aliphatic carbocycles. The monoisotopic (exact) mass is 448 g/mol. The van der Waals surface area contributed by atoms with Gasteiger partial charge in [-0.3, -0.25) is 9.59 Å². The van der Waals surface area contributed by atoms with Crippen molar-refractivity contribution in [1.29, 1.82) is 0 Å². The maximum absolute atomic E-state index is 14.0. The molecule has 1 N–H and O–H groups in total. The molecule has 0 aromatic heterocycles. The van der Waals surface area contributed by atoms with Crippen LogP contribution < -0.4 is 5.32 Å². The maximum atomic E-state index is 14.0. The Morgan fingerprint density at radius 1 is 1.11 bits per heavy atom. The van der Waals surface area contributed by atoms with Gasteiger partial charge in [-0.15, -0.1) is 0 Å². The third kappa shape index (κ3) is 6.16. The molecule has 6 heteroatoms. The molecular formula is C22H26BrFN2O2. The van der Waals surface area contributed by atoms with Gasteiger partial charge in [0.15, 0.2) is 0 Å². The van der Waals surface area contributed by atoms with Crippen molar-refractivity contribution < 1.29 is 14.0 Å². The van der Waals surface area contributed by atoms with E-state index in [-0.39, 0.29) is 30.8 Å². The molecule has 0 aliphatic heterocycles. The highest BCUT2D eigenvalue weighted by atomic mass is 79.9. The summed E-state index contributed by atoms with van der Waals surface area (Å²) >= 11 is 3.39. The van der Waals surface area contributed by atoms with E-state index in [0.29, 0.717) is 5.56 Å². The minimum absolute atomic E-state index is 0.0196. The van der Waals surface area contributed by atoms with Gasteiger partial charge in [-0.05, 0) is 49.6 Å². The van der Waals surface area contributed by atoms with E-state index in [0.717, 1.165) is 16.5 Å². The van der Waals surface area contributed by atoms with Crippen LogP contribution in [0.1, 0.15) is 38.3 Å². The molecule has 0 spiro atoms. The molecule has 2 amide bonds. The number of amides is 2. The molecule has 150 valence electrons. The lowest BCUT2D eigenvalue weighted by Crippen LogP contribution is -2.49. The van der Waals surface area contributed by atoms with Crippen molar-refractivity contribution in [2.45, 2.75) is 52.2 Å². The van der Waals surface area contributed by atoms with Crippen LogP contribution in [0.25, 0.3) is 0 Å². The minimum Gasteiger partial charge on any atom is -0.352 e. The first-order valence-electron chi connectivity index (χ1n) is 9.39. The van der Waals surface area contributed by atoms with Crippen molar-refractivity contribution in [3.63, 3.8) is 0 Å². The minimum atomic E-state index is -0.670. The predicted octanol–water partition coefficient (Wildman–Crippen LogP) is 4.46. The number of carbonyl (C=O) groups is 2. The Bertz CT molecular complexity index is 810. The van der Waals surface area contributed by atoms with Crippen LogP contribution >= 0.6 is 15.9 Å². The van der Waals surface area contributed by atoms with Crippen LogP contribution in [0.5, 0.6) is 0 Å². The summed E-state index contributed by atoms with van der Waals surface area (Å²) in [6.07, 6.45) is 0.707. The van der Waals surface area contributed by atoms with Gasteiger partial charge in [0.1, 0.15) is 11.9 Å². The molecule has 2 rings (SSSR count). The Hall–Kier alpha value is -2.21. The zero-order valence-electron chi connectivity index (χ0n) is 16.4. The molecule has 0 saturated carbocycles. The third-order valence-electron chi connectivity index (χ3n) is 4.73. The van der Waals surface area contributed by atoms with Gasteiger partial charge in [0, 0.05) is 17.1 Å². The van der Waals surface area contributed by atoms with E-state index in [1.165, 1.54) is 11.0 Å². The molecule has 0 heterocycles. The summed E-state index contributed by atoms with van der Waals surface area (Å²) < 4.78 is 14.9. The number of rotatable bonds is 8. The Balaban J connectivity index is 2.23. The SMILES string of the molecule is CC[C@@H](C)NC(=O)[C@@H](C)N(Cc1ccc(Br)cc1)C(=O)Cc1ccccc1F. The summed E-state index contributed by atoms with van der Waals surface area (Å²) in [5.41, 5.74) is 1.22. The van der Waals surface area contributed by atoms with Crippen LogP contribution in [0.2, 0.25) is 0 Å². The number of hydrogen-bond donors (Lipinski definition) is 1. The molecule has 0 unspecified atom stereocenters. The van der Waals surface area contributed by atoms with E-state index in [2.05, 4.69) is 21.2 Å². The van der Waals surface area contributed by atoms with Crippen molar-refractivity contribution in [3.8, 4) is 0 Å². The number of carbonyl (C=O) groups excluding carboxylic acids is 2. The Labute approximate surface area is 174 Å². The third-order valence-corrected chi connectivity index (χ3v) is 5.26. The summed E-state index contributed by atoms with van der Waals surface area (Å²) in [5.74, 6) is -0.927. The lowest BCUT2D eigenvalue weighted by molar-refractivity contribution is -0.140. The molecule has 2 aromatic carbocycles. The second-order valence-corrected chi connectivity index (χ2v) is 7.83. The van der Waals surface area contributed by atoms with Gasteiger partial charge in [-0.1, -0.05) is 53.2 Å². The first kappa shape index (κ1) is 22.1. The van der Waals surface area contributed by atoms with E-state index < -0.39 is 11.9 Å². The maximum Gasteiger partial charge on any atom is 0.242 e. The normalized spacial score (nSPS) is 12.9. The fraction of sp³-hybridized carbons (Fsp3) is 0.364. The number of hydrogen-bond acceptors (Lipinski definition) is 2. The van der Waals surface area contributed by atoms with Gasteiger partial charge >= 0.3 is 0 Å². The van der Waals surface area contributed by atoms with E-state index in [9.17, 15) is 14.0 Å². The smallest absolute Gasteiger partial charge is 0.242 e. The fourth-order valence-corrected chi connectivity index (χ4v) is 3.01. The van der Waals surface area contributed by atoms with Crippen LogP contribution in [0.4, 0.5) is 4.39 Å². The molecule has 0 bridgehead atoms. The Morgan fingerprint density at radius 3 is 2.36 bits per heavy atom. The molecule has 0 saturated heterocycles. The van der Waals surface area contributed by atoms with Crippen LogP contribution in [-0.4, -0.2) is 28.8 Å². The average Bonchev–Trinajstić information content (AvgIpc) is 2.68. The summed E-state index contributed by atoms with van der Waals surface area (Å²) in [6.45, 7) is 5.88. The van der Waals surface area contributed by atoms with Crippen molar-refractivity contribution in [2.24, 2.45) is 0 Å². The van der Waals surface area contributed by atoms with E-state index in [1.54, 1.807) is 25.1 Å². The van der Waals surface area contributed by atoms with E-state index in [4.69, 9.17) is 0 Å². The molecule has 2 atom stereocenters. The second kappa shape index (κ2) is 10.4. The van der Waals surface area contributed by atoms with Crippen molar-refractivity contribution in [2.75, 3.05) is 0 Å². The zero-order chi connectivity index (χ0) is 20.7. The molecule has 0 radical (unpaired) electrons. The Morgan fingerprint density at radius 2 is 1.75 bits per heavy atom. The van der Waals surface area contributed by atoms with Gasteiger partial charge in [0.2, 0.25) is 11.8 Å². The number of halogens is 2. The number of benzene rings is 2.